The molecule has 1 atom stereocenters. The Balaban J connectivity index is 2.23. The van der Waals surface area contributed by atoms with Gasteiger partial charge in [0.1, 0.15) is 0 Å². The van der Waals surface area contributed by atoms with Crippen molar-refractivity contribution >= 4 is 11.6 Å². The average Bonchev–Trinajstić information content (AvgIpc) is 2.71. The molecule has 1 amide bonds. The van der Waals surface area contributed by atoms with Crippen LogP contribution in [-0.2, 0) is 6.54 Å². The second-order valence-electron chi connectivity index (χ2n) is 5.97. The molecule has 27 heavy (non-hydrogen) atoms. The van der Waals surface area contributed by atoms with E-state index in [0.29, 0.717) is 34.9 Å². The zero-order chi connectivity index (χ0) is 19.8. The Bertz CT molecular complexity index is 846. The molecule has 0 saturated carbocycles. The van der Waals surface area contributed by atoms with Gasteiger partial charge in [-0.15, -0.1) is 0 Å². The van der Waals surface area contributed by atoms with Crippen molar-refractivity contribution in [3.8, 4) is 17.6 Å². The van der Waals surface area contributed by atoms with Crippen LogP contribution in [0.5, 0.6) is 11.5 Å². The summed E-state index contributed by atoms with van der Waals surface area (Å²) in [4.78, 5) is 12.5. The number of anilines is 1. The van der Waals surface area contributed by atoms with E-state index < -0.39 is 0 Å². The van der Waals surface area contributed by atoms with Gasteiger partial charge in [-0.25, -0.2) is 0 Å². The summed E-state index contributed by atoms with van der Waals surface area (Å²) in [7, 11) is 3.14. The highest BCUT2D eigenvalue weighted by Crippen LogP contribution is 2.28. The minimum atomic E-state index is -0.387. The molecule has 0 bridgehead atoms. The highest BCUT2D eigenvalue weighted by Gasteiger charge is 2.15. The first-order valence-electron chi connectivity index (χ1n) is 8.43. The lowest BCUT2D eigenvalue weighted by Crippen LogP contribution is -2.35. The fourth-order valence-corrected chi connectivity index (χ4v) is 2.49. The Hall–Kier alpha value is -3.24. The number of carbonyl (C=O) groups excluding carboxylic acids is 1. The third kappa shape index (κ3) is 5.12. The summed E-state index contributed by atoms with van der Waals surface area (Å²) in [6.45, 7) is 1.98. The zero-order valence-corrected chi connectivity index (χ0v) is 15.6. The first kappa shape index (κ1) is 20.1. The van der Waals surface area contributed by atoms with Crippen LogP contribution in [0.1, 0.15) is 28.4 Å². The Morgan fingerprint density at radius 3 is 2.56 bits per heavy atom. The molecule has 0 aliphatic carbocycles. The largest absolute Gasteiger partial charge is 0.493 e. The van der Waals surface area contributed by atoms with Crippen molar-refractivity contribution in [1.82, 2.24) is 5.32 Å². The number of nitrogens with zero attached hydrogens (tertiary/aromatic N) is 1. The van der Waals surface area contributed by atoms with Crippen molar-refractivity contribution in [3.63, 3.8) is 0 Å². The number of methoxy groups -OCH3 is 2. The van der Waals surface area contributed by atoms with Crippen LogP contribution in [0.3, 0.4) is 0 Å². The Labute approximate surface area is 158 Å². The van der Waals surface area contributed by atoms with Crippen molar-refractivity contribution in [2.24, 2.45) is 0 Å². The van der Waals surface area contributed by atoms with E-state index in [0.717, 1.165) is 5.56 Å². The summed E-state index contributed by atoms with van der Waals surface area (Å²) >= 11 is 0. The molecule has 2 rings (SSSR count). The standard InChI is InChI=1S/C20H23N3O4/c1-13(12-24)23-20(25)16-8-14(10-21)4-6-17(16)22-11-15-5-7-18(26-2)19(9-15)27-3/h4-9,13,22,24H,11-12H2,1-3H3,(H,23,25)/t13-/m0/s1. The number of hydrogen-bond acceptors (Lipinski definition) is 6. The van der Waals surface area contributed by atoms with Gasteiger partial charge in [0.25, 0.3) is 5.91 Å². The quantitative estimate of drug-likeness (QED) is 0.660. The molecule has 0 radical (unpaired) electrons. The van der Waals surface area contributed by atoms with Gasteiger partial charge in [0.2, 0.25) is 0 Å². The lowest BCUT2D eigenvalue weighted by Gasteiger charge is -2.16. The van der Waals surface area contributed by atoms with Crippen LogP contribution in [0.15, 0.2) is 36.4 Å². The van der Waals surface area contributed by atoms with E-state index in [9.17, 15) is 4.79 Å². The Morgan fingerprint density at radius 2 is 1.93 bits per heavy atom. The minimum absolute atomic E-state index is 0.169. The van der Waals surface area contributed by atoms with Crippen molar-refractivity contribution in [1.29, 1.82) is 5.26 Å². The molecular formula is C20H23N3O4. The Morgan fingerprint density at radius 1 is 1.19 bits per heavy atom. The number of ether oxygens (including phenoxy) is 2. The fraction of sp³-hybridized carbons (Fsp3) is 0.300. The molecule has 7 heteroatoms. The van der Waals surface area contributed by atoms with Gasteiger partial charge >= 0.3 is 0 Å². The van der Waals surface area contributed by atoms with Gasteiger partial charge in [0, 0.05) is 18.3 Å². The summed E-state index contributed by atoms with van der Waals surface area (Å²) in [6, 6.07) is 12.1. The van der Waals surface area contributed by atoms with Crippen molar-refractivity contribution in [2.45, 2.75) is 19.5 Å². The average molecular weight is 369 g/mol. The van der Waals surface area contributed by atoms with E-state index in [1.165, 1.54) is 6.07 Å². The van der Waals surface area contributed by atoms with E-state index >= 15 is 0 Å². The van der Waals surface area contributed by atoms with Crippen LogP contribution < -0.4 is 20.1 Å². The number of nitrogens with one attached hydrogen (secondary N) is 2. The predicted octanol–water partition coefficient (Wildman–Crippen LogP) is 2.30. The second-order valence-corrected chi connectivity index (χ2v) is 5.97. The first-order valence-corrected chi connectivity index (χ1v) is 8.43. The lowest BCUT2D eigenvalue weighted by atomic mass is 10.1. The molecule has 2 aromatic rings. The summed E-state index contributed by atoms with van der Waals surface area (Å²) < 4.78 is 10.5. The third-order valence-corrected chi connectivity index (χ3v) is 3.98. The van der Waals surface area contributed by atoms with Crippen molar-refractivity contribution < 1.29 is 19.4 Å². The normalized spacial score (nSPS) is 11.2. The van der Waals surface area contributed by atoms with Crippen molar-refractivity contribution in [2.75, 3.05) is 26.1 Å². The molecule has 0 spiro atoms. The SMILES string of the molecule is COc1ccc(CNc2ccc(C#N)cc2C(=O)N[C@@H](C)CO)cc1OC. The van der Waals surface area contributed by atoms with Crippen LogP contribution >= 0.6 is 0 Å². The van der Waals surface area contributed by atoms with E-state index in [-0.39, 0.29) is 18.6 Å². The lowest BCUT2D eigenvalue weighted by molar-refractivity contribution is 0.0923. The highest BCUT2D eigenvalue weighted by atomic mass is 16.5. The van der Waals surface area contributed by atoms with Gasteiger partial charge in [-0.2, -0.15) is 5.26 Å². The molecule has 0 saturated heterocycles. The van der Waals surface area contributed by atoms with E-state index in [1.807, 2.05) is 24.3 Å². The summed E-state index contributed by atoms with van der Waals surface area (Å²) in [5, 5.41) is 24.2. The maximum absolute atomic E-state index is 12.5. The molecule has 0 aromatic heterocycles. The summed E-state index contributed by atoms with van der Waals surface area (Å²) in [6.07, 6.45) is 0. The van der Waals surface area contributed by atoms with Gasteiger partial charge in [0.05, 0.1) is 38.0 Å². The van der Waals surface area contributed by atoms with E-state index in [2.05, 4.69) is 10.6 Å². The molecule has 0 unspecified atom stereocenters. The number of amides is 1. The molecule has 142 valence electrons. The second kappa shape index (κ2) is 9.46. The predicted molar refractivity (Wildman–Crippen MR) is 102 cm³/mol. The first-order chi connectivity index (χ1) is 13.0. The fourth-order valence-electron chi connectivity index (χ4n) is 2.49. The molecule has 0 fully saturated rings. The summed E-state index contributed by atoms with van der Waals surface area (Å²) in [5.41, 5.74) is 2.25. The van der Waals surface area contributed by atoms with Gasteiger partial charge in [-0.1, -0.05) is 6.07 Å². The van der Waals surface area contributed by atoms with Crippen LogP contribution in [0.4, 0.5) is 5.69 Å². The smallest absolute Gasteiger partial charge is 0.253 e. The number of nitriles is 1. The maximum Gasteiger partial charge on any atom is 0.253 e. The van der Waals surface area contributed by atoms with Crippen LogP contribution in [0.25, 0.3) is 0 Å². The Kier molecular flexibility index (Phi) is 7.03. The van der Waals surface area contributed by atoms with Gasteiger partial charge in [0.15, 0.2) is 11.5 Å². The van der Waals surface area contributed by atoms with Crippen LogP contribution in [0.2, 0.25) is 0 Å². The van der Waals surface area contributed by atoms with Gasteiger partial charge in [-0.05, 0) is 42.8 Å². The number of carbonyl (C=O) groups is 1. The molecule has 0 aliphatic rings. The summed E-state index contributed by atoms with van der Waals surface area (Å²) in [5.74, 6) is 0.896. The maximum atomic E-state index is 12.5. The molecule has 0 aliphatic heterocycles. The van der Waals surface area contributed by atoms with Crippen LogP contribution in [-0.4, -0.2) is 37.9 Å². The number of hydrogen-bond donors (Lipinski definition) is 3. The minimum Gasteiger partial charge on any atom is -0.493 e. The van der Waals surface area contributed by atoms with Gasteiger partial charge < -0.3 is 25.2 Å². The van der Waals surface area contributed by atoms with Gasteiger partial charge in [-0.3, -0.25) is 4.79 Å². The molecule has 2 aromatic carbocycles. The zero-order valence-electron chi connectivity index (χ0n) is 15.6. The number of benzene rings is 2. The third-order valence-electron chi connectivity index (χ3n) is 3.98. The van der Waals surface area contributed by atoms with E-state index in [4.69, 9.17) is 19.8 Å². The van der Waals surface area contributed by atoms with Crippen molar-refractivity contribution in [3.05, 3.63) is 53.1 Å². The van der Waals surface area contributed by atoms with E-state index in [1.54, 1.807) is 33.3 Å². The molecule has 0 heterocycles. The van der Waals surface area contributed by atoms with Crippen LogP contribution in [0, 0.1) is 11.3 Å². The number of aliphatic hydroxyl groups excluding tert-OH is 1. The monoisotopic (exact) mass is 369 g/mol. The molecule has 7 nitrogen and oxygen atoms in total. The number of aliphatic hydroxyl groups is 1. The highest BCUT2D eigenvalue weighted by molar-refractivity contribution is 6.00. The molecular weight excluding hydrogens is 346 g/mol. The topological polar surface area (TPSA) is 104 Å². The number of rotatable bonds is 8. The molecule has 3 N–H and O–H groups in total.